The van der Waals surface area contributed by atoms with Crippen LogP contribution in [-0.4, -0.2) is 69.1 Å². The average molecular weight is 503 g/mol. The van der Waals surface area contributed by atoms with Crippen molar-refractivity contribution in [3.05, 3.63) is 12.2 Å². The molecule has 7 heteroatoms. The van der Waals surface area contributed by atoms with Gasteiger partial charge in [0.15, 0.2) is 0 Å². The molecule has 1 aliphatic heterocycles. The Morgan fingerprint density at radius 2 is 1.29 bits per heavy atom. The minimum Gasteiger partial charge on any atom is -0.481 e. The van der Waals surface area contributed by atoms with Gasteiger partial charge < -0.3 is 30.3 Å². The molecule has 0 aromatic carbocycles. The van der Waals surface area contributed by atoms with Gasteiger partial charge in [-0.3, -0.25) is 4.79 Å². The van der Waals surface area contributed by atoms with Crippen LogP contribution in [0.1, 0.15) is 122 Å². The number of hydrogen-bond donors (Lipinski definition) is 5. The lowest BCUT2D eigenvalue weighted by atomic mass is 10.1. The van der Waals surface area contributed by atoms with Gasteiger partial charge in [-0.15, -0.1) is 0 Å². The van der Waals surface area contributed by atoms with Crippen LogP contribution in [0.5, 0.6) is 0 Å². The van der Waals surface area contributed by atoms with Gasteiger partial charge in [0.2, 0.25) is 0 Å². The summed E-state index contributed by atoms with van der Waals surface area (Å²) in [6, 6.07) is 0. The van der Waals surface area contributed by atoms with Crippen LogP contribution in [0.25, 0.3) is 0 Å². The number of unbranched alkanes of at least 4 members (excludes halogenated alkanes) is 15. The van der Waals surface area contributed by atoms with Crippen LogP contribution in [0, 0.1) is 0 Å². The van der Waals surface area contributed by atoms with E-state index in [9.17, 15) is 4.79 Å². The summed E-state index contributed by atoms with van der Waals surface area (Å²) in [5.74, 6) is -0.656. The normalized spacial score (nSPS) is 20.7. The van der Waals surface area contributed by atoms with Gasteiger partial charge in [0.1, 0.15) is 24.4 Å². The predicted molar refractivity (Wildman–Crippen MR) is 140 cm³/mol. The van der Waals surface area contributed by atoms with E-state index in [0.717, 1.165) is 12.8 Å². The first-order valence-corrected chi connectivity index (χ1v) is 14.1. The number of carbonyl (C=O) groups is 1. The Kier molecular flexibility index (Phi) is 24.0. The van der Waals surface area contributed by atoms with Gasteiger partial charge in [0.05, 0.1) is 13.2 Å². The zero-order valence-electron chi connectivity index (χ0n) is 22.2. The van der Waals surface area contributed by atoms with Gasteiger partial charge in [-0.1, -0.05) is 96.1 Å². The predicted octanol–water partition coefficient (Wildman–Crippen LogP) is 5.13. The molecule has 35 heavy (non-hydrogen) atoms. The van der Waals surface area contributed by atoms with Crippen molar-refractivity contribution >= 4 is 5.97 Å². The molecule has 1 rings (SSSR count). The SMILES string of the molecule is CCCCCCCC/C=C\CCCCCCCCCCCC(=O)O.OC[C@@H](O)[C@H]1OC[C@H](O)[C@H]1O. The summed E-state index contributed by atoms with van der Waals surface area (Å²) in [6.07, 6.45) is 23.1. The Morgan fingerprint density at radius 1 is 0.829 bits per heavy atom. The number of rotatable bonds is 21. The summed E-state index contributed by atoms with van der Waals surface area (Å²) in [4.78, 5) is 10.4. The fraction of sp³-hybridized carbons (Fsp3) is 0.893. The highest BCUT2D eigenvalue weighted by Crippen LogP contribution is 2.17. The molecule has 0 amide bonds. The van der Waals surface area contributed by atoms with Crippen LogP contribution in [0.3, 0.4) is 0 Å². The maximum absolute atomic E-state index is 10.4. The van der Waals surface area contributed by atoms with Crippen LogP contribution >= 0.6 is 0 Å². The summed E-state index contributed by atoms with van der Waals surface area (Å²) in [7, 11) is 0. The molecule has 0 unspecified atom stereocenters. The minimum atomic E-state index is -1.12. The first kappa shape index (κ1) is 34.0. The molecule has 0 radical (unpaired) electrons. The first-order chi connectivity index (χ1) is 16.9. The summed E-state index contributed by atoms with van der Waals surface area (Å²) < 4.78 is 4.82. The molecular weight excluding hydrogens is 448 g/mol. The van der Waals surface area contributed by atoms with Crippen molar-refractivity contribution in [3.8, 4) is 0 Å². The molecule has 0 spiro atoms. The van der Waals surface area contributed by atoms with Crippen molar-refractivity contribution in [3.63, 3.8) is 0 Å². The summed E-state index contributed by atoms with van der Waals surface area (Å²) in [5.41, 5.74) is 0. The maximum Gasteiger partial charge on any atom is 0.303 e. The third kappa shape index (κ3) is 20.9. The molecule has 1 heterocycles. The van der Waals surface area contributed by atoms with Crippen LogP contribution in [0.2, 0.25) is 0 Å². The summed E-state index contributed by atoms with van der Waals surface area (Å²) >= 11 is 0. The van der Waals surface area contributed by atoms with Gasteiger partial charge in [-0.05, 0) is 32.1 Å². The van der Waals surface area contributed by atoms with Gasteiger partial charge >= 0.3 is 5.97 Å². The highest BCUT2D eigenvalue weighted by atomic mass is 16.5. The number of allylic oxidation sites excluding steroid dienone is 2. The summed E-state index contributed by atoms with van der Waals surface area (Å²) in [6.45, 7) is 1.80. The molecule has 1 fully saturated rings. The lowest BCUT2D eigenvalue weighted by Crippen LogP contribution is -2.40. The highest BCUT2D eigenvalue weighted by molar-refractivity contribution is 5.66. The highest BCUT2D eigenvalue weighted by Gasteiger charge is 2.38. The Hall–Kier alpha value is -0.990. The second kappa shape index (κ2) is 24.7. The molecular formula is C28H54O7. The van der Waals surface area contributed by atoms with Gasteiger partial charge in [-0.25, -0.2) is 0 Å². The molecule has 0 aromatic heterocycles. The zero-order valence-corrected chi connectivity index (χ0v) is 22.2. The van der Waals surface area contributed by atoms with Crippen molar-refractivity contribution in [2.75, 3.05) is 13.2 Å². The molecule has 7 nitrogen and oxygen atoms in total. The quantitative estimate of drug-likeness (QED) is 0.109. The molecule has 1 aliphatic rings. The molecule has 4 atom stereocenters. The smallest absolute Gasteiger partial charge is 0.303 e. The Labute approximate surface area is 213 Å². The number of aliphatic hydroxyl groups excluding tert-OH is 4. The fourth-order valence-electron chi connectivity index (χ4n) is 4.12. The van der Waals surface area contributed by atoms with E-state index in [1.165, 1.54) is 96.3 Å². The lowest BCUT2D eigenvalue weighted by molar-refractivity contribution is -0.137. The maximum atomic E-state index is 10.4. The number of carboxylic acids is 1. The van der Waals surface area contributed by atoms with Gasteiger partial charge in [0, 0.05) is 6.42 Å². The number of aliphatic carboxylic acids is 1. The van der Waals surface area contributed by atoms with Crippen molar-refractivity contribution in [1.29, 1.82) is 0 Å². The first-order valence-electron chi connectivity index (χ1n) is 14.1. The molecule has 0 bridgehead atoms. The lowest BCUT2D eigenvalue weighted by Gasteiger charge is -2.18. The second-order valence-corrected chi connectivity index (χ2v) is 9.75. The van der Waals surface area contributed by atoms with Gasteiger partial charge in [0.25, 0.3) is 0 Å². The Bertz CT molecular complexity index is 498. The van der Waals surface area contributed by atoms with E-state index < -0.39 is 37.0 Å². The molecule has 208 valence electrons. The molecule has 0 saturated carbocycles. The molecule has 1 saturated heterocycles. The topological polar surface area (TPSA) is 127 Å². The number of hydrogen-bond acceptors (Lipinski definition) is 6. The van der Waals surface area contributed by atoms with Crippen LogP contribution in [-0.2, 0) is 9.53 Å². The van der Waals surface area contributed by atoms with Crippen LogP contribution in [0.15, 0.2) is 12.2 Å². The Balaban J connectivity index is 0.000000867. The van der Waals surface area contributed by atoms with Crippen LogP contribution < -0.4 is 0 Å². The van der Waals surface area contributed by atoms with E-state index in [2.05, 4.69) is 19.1 Å². The van der Waals surface area contributed by atoms with Crippen molar-refractivity contribution in [1.82, 2.24) is 0 Å². The fourth-order valence-corrected chi connectivity index (χ4v) is 4.12. The zero-order chi connectivity index (χ0) is 26.2. The van der Waals surface area contributed by atoms with E-state index in [1.807, 2.05) is 0 Å². The molecule has 0 aliphatic carbocycles. The average Bonchev–Trinajstić information content (AvgIpc) is 3.18. The van der Waals surface area contributed by atoms with E-state index in [4.69, 9.17) is 30.3 Å². The van der Waals surface area contributed by atoms with E-state index >= 15 is 0 Å². The van der Waals surface area contributed by atoms with Crippen LogP contribution in [0.4, 0.5) is 0 Å². The minimum absolute atomic E-state index is 0.00287. The number of ether oxygens (including phenoxy) is 1. The third-order valence-electron chi connectivity index (χ3n) is 6.41. The largest absolute Gasteiger partial charge is 0.481 e. The van der Waals surface area contributed by atoms with Crippen molar-refractivity contribution in [2.24, 2.45) is 0 Å². The van der Waals surface area contributed by atoms with E-state index in [-0.39, 0.29) is 6.61 Å². The van der Waals surface area contributed by atoms with E-state index in [1.54, 1.807) is 0 Å². The molecule has 0 aromatic rings. The molecule has 5 N–H and O–H groups in total. The van der Waals surface area contributed by atoms with Crippen molar-refractivity contribution < 1.29 is 35.1 Å². The standard InChI is InChI=1S/C22H42O2.C6H12O5/c1-2-3-4-5-6-7-8-9-10-11-12-13-14-15-16-17-18-19-20-21-22(23)24;7-1-3(8)6-5(10)4(9)2-11-6/h9-10H,2-8,11-21H2,1H3,(H,23,24);3-10H,1-2H2/b10-9-;/t;3-,4+,5-,6-/m.1/s1. The van der Waals surface area contributed by atoms with E-state index in [0.29, 0.717) is 6.42 Å². The van der Waals surface area contributed by atoms with Gasteiger partial charge in [-0.2, -0.15) is 0 Å². The summed E-state index contributed by atoms with van der Waals surface area (Å²) in [5, 5.41) is 44.1. The third-order valence-corrected chi connectivity index (χ3v) is 6.41. The monoisotopic (exact) mass is 502 g/mol. The van der Waals surface area contributed by atoms with Crippen molar-refractivity contribution in [2.45, 2.75) is 147 Å². The number of carboxylic acid groups (broad SMARTS) is 1. The Morgan fingerprint density at radius 3 is 1.69 bits per heavy atom. The second-order valence-electron chi connectivity index (χ2n) is 9.75. The number of aliphatic hydroxyl groups is 4.